The van der Waals surface area contributed by atoms with Crippen molar-refractivity contribution in [1.29, 1.82) is 0 Å². The van der Waals surface area contributed by atoms with Crippen molar-refractivity contribution in [2.45, 2.75) is 38.9 Å². The maximum Gasteiger partial charge on any atom is 0.119 e. The van der Waals surface area contributed by atoms with Gasteiger partial charge in [-0.2, -0.15) is 0 Å². The zero-order valence-corrected chi connectivity index (χ0v) is 22.6. The molecule has 0 unspecified atom stereocenters. The van der Waals surface area contributed by atoms with E-state index in [9.17, 15) is 0 Å². The lowest BCUT2D eigenvalue weighted by molar-refractivity contribution is 0.221. The maximum atomic E-state index is 5.49. The van der Waals surface area contributed by atoms with Crippen LogP contribution in [0.2, 0.25) is 0 Å². The molecule has 0 aromatic heterocycles. The van der Waals surface area contributed by atoms with Gasteiger partial charge in [0.25, 0.3) is 0 Å². The number of piperidine rings is 1. The Labute approximate surface area is 223 Å². The Hall–Kier alpha value is -3.02. The molecule has 2 heterocycles. The fourth-order valence-electron chi connectivity index (χ4n) is 5.51. The third-order valence-corrected chi connectivity index (χ3v) is 7.84. The number of nitrogens with zero attached hydrogens (tertiary/aromatic N) is 4. The minimum atomic E-state index is 0.836. The van der Waals surface area contributed by atoms with E-state index in [1.54, 1.807) is 7.11 Å². The van der Waals surface area contributed by atoms with E-state index in [-0.39, 0.29) is 0 Å². The van der Waals surface area contributed by atoms with Gasteiger partial charge in [-0.15, -0.1) is 0 Å². The van der Waals surface area contributed by atoms with Gasteiger partial charge in [0, 0.05) is 57.2 Å². The topological polar surface area (TPSA) is 22.2 Å². The van der Waals surface area contributed by atoms with Crippen LogP contribution in [0.5, 0.6) is 5.75 Å². The summed E-state index contributed by atoms with van der Waals surface area (Å²) in [5.74, 6) is 0.908. The maximum absolute atomic E-state index is 5.49. The molecule has 196 valence electrons. The molecule has 3 aromatic carbocycles. The normalized spacial score (nSPS) is 17.1. The number of likely N-dealkylation sites (N-methyl/N-ethyl adjacent to an activating group) is 1. The van der Waals surface area contributed by atoms with Crippen LogP contribution < -0.4 is 14.5 Å². The van der Waals surface area contributed by atoms with E-state index < -0.39 is 0 Å². The zero-order chi connectivity index (χ0) is 25.5. The number of anilines is 2. The molecule has 37 heavy (non-hydrogen) atoms. The van der Waals surface area contributed by atoms with Crippen molar-refractivity contribution in [2.24, 2.45) is 0 Å². The number of rotatable bonds is 9. The molecule has 3 aromatic rings. The summed E-state index contributed by atoms with van der Waals surface area (Å²) in [6.45, 7) is 9.68. The van der Waals surface area contributed by atoms with Crippen LogP contribution >= 0.6 is 0 Å². The minimum Gasteiger partial charge on any atom is -0.497 e. The summed E-state index contributed by atoms with van der Waals surface area (Å²) in [5.41, 5.74) is 6.58. The summed E-state index contributed by atoms with van der Waals surface area (Å²) in [5, 5.41) is 0. The highest BCUT2D eigenvalue weighted by Crippen LogP contribution is 2.25. The van der Waals surface area contributed by atoms with Gasteiger partial charge < -0.3 is 19.4 Å². The number of likely N-dealkylation sites (tertiary alicyclic amines) is 1. The Morgan fingerprint density at radius 3 is 2.08 bits per heavy atom. The number of ether oxygens (including phenoxy) is 1. The summed E-state index contributed by atoms with van der Waals surface area (Å²) in [7, 11) is 3.94. The Morgan fingerprint density at radius 1 is 0.703 bits per heavy atom. The van der Waals surface area contributed by atoms with Crippen molar-refractivity contribution in [2.75, 3.05) is 63.2 Å². The second-order valence-corrected chi connectivity index (χ2v) is 10.7. The summed E-state index contributed by atoms with van der Waals surface area (Å²) < 4.78 is 5.49. The van der Waals surface area contributed by atoms with Gasteiger partial charge >= 0.3 is 0 Å². The third-order valence-electron chi connectivity index (χ3n) is 7.84. The molecule has 0 spiro atoms. The lowest BCUT2D eigenvalue weighted by atomic mass is 10.1. The average molecular weight is 499 g/mol. The lowest BCUT2D eigenvalue weighted by Gasteiger charge is -2.34. The zero-order valence-electron chi connectivity index (χ0n) is 22.6. The van der Waals surface area contributed by atoms with Crippen LogP contribution in [0, 0.1) is 0 Å². The Bertz CT molecular complexity index is 1100. The Morgan fingerprint density at radius 2 is 1.38 bits per heavy atom. The van der Waals surface area contributed by atoms with Gasteiger partial charge in [-0.1, -0.05) is 42.8 Å². The van der Waals surface area contributed by atoms with Crippen molar-refractivity contribution in [3.63, 3.8) is 0 Å². The molecule has 0 N–H and O–H groups in total. The van der Waals surface area contributed by atoms with Crippen molar-refractivity contribution >= 4 is 11.4 Å². The van der Waals surface area contributed by atoms with Gasteiger partial charge in [-0.3, -0.25) is 4.90 Å². The van der Waals surface area contributed by atoms with Crippen LogP contribution in [0.15, 0.2) is 72.8 Å². The van der Waals surface area contributed by atoms with Crippen molar-refractivity contribution < 1.29 is 4.74 Å². The van der Waals surface area contributed by atoms with Crippen LogP contribution in [0.1, 0.15) is 36.0 Å². The number of hydrogen-bond acceptors (Lipinski definition) is 5. The molecule has 0 saturated carbocycles. The largest absolute Gasteiger partial charge is 0.497 e. The van der Waals surface area contributed by atoms with Crippen LogP contribution in [-0.2, 0) is 19.6 Å². The van der Waals surface area contributed by atoms with Gasteiger partial charge in [0.05, 0.1) is 7.11 Å². The van der Waals surface area contributed by atoms with E-state index in [1.807, 2.05) is 6.07 Å². The SMILES string of the molecule is COc1cccc(CN(Cc2ccc(N3CCN(C)CC3)cc2)c2ccc(CN3CCCCC3)cc2)c1. The first-order chi connectivity index (χ1) is 18.2. The van der Waals surface area contributed by atoms with E-state index >= 15 is 0 Å². The smallest absolute Gasteiger partial charge is 0.119 e. The molecule has 0 amide bonds. The first-order valence-electron chi connectivity index (χ1n) is 13.9. The highest BCUT2D eigenvalue weighted by molar-refractivity contribution is 5.52. The molecule has 5 rings (SSSR count). The van der Waals surface area contributed by atoms with E-state index in [4.69, 9.17) is 4.74 Å². The molecule has 0 radical (unpaired) electrons. The molecular formula is C32H42N4O. The number of methoxy groups -OCH3 is 1. The van der Waals surface area contributed by atoms with Crippen LogP contribution in [0.25, 0.3) is 0 Å². The summed E-state index contributed by atoms with van der Waals surface area (Å²) >= 11 is 0. The highest BCUT2D eigenvalue weighted by atomic mass is 16.5. The van der Waals surface area contributed by atoms with Gasteiger partial charge in [0.2, 0.25) is 0 Å². The Balaban J connectivity index is 1.31. The lowest BCUT2D eigenvalue weighted by Crippen LogP contribution is -2.44. The summed E-state index contributed by atoms with van der Waals surface area (Å²) in [4.78, 5) is 9.97. The third kappa shape index (κ3) is 7.06. The number of piperazine rings is 1. The molecule has 2 saturated heterocycles. The standard InChI is InChI=1S/C32H42N4O/c1-33-19-21-35(22-20-33)30-13-11-28(12-14-30)25-36(26-29-7-6-8-32(23-29)37-2)31-15-9-27(10-16-31)24-34-17-4-3-5-18-34/h6-16,23H,3-5,17-22,24-26H2,1-2H3. The average Bonchev–Trinajstić information content (AvgIpc) is 2.95. The summed E-state index contributed by atoms with van der Waals surface area (Å²) in [6, 6.07) is 26.9. The molecule has 2 aliphatic rings. The number of hydrogen-bond donors (Lipinski definition) is 0. The highest BCUT2D eigenvalue weighted by Gasteiger charge is 2.15. The second-order valence-electron chi connectivity index (χ2n) is 10.7. The predicted molar refractivity (Wildman–Crippen MR) is 155 cm³/mol. The van der Waals surface area contributed by atoms with Crippen molar-refractivity contribution in [1.82, 2.24) is 9.80 Å². The van der Waals surface area contributed by atoms with Gasteiger partial charge in [0.15, 0.2) is 0 Å². The van der Waals surface area contributed by atoms with Crippen molar-refractivity contribution in [3.8, 4) is 5.75 Å². The van der Waals surface area contributed by atoms with Crippen molar-refractivity contribution in [3.05, 3.63) is 89.5 Å². The predicted octanol–water partition coefficient (Wildman–Crippen LogP) is 5.64. The molecule has 2 aliphatic heterocycles. The fourth-order valence-corrected chi connectivity index (χ4v) is 5.51. The van der Waals surface area contributed by atoms with Crippen LogP contribution in [-0.4, -0.2) is 63.2 Å². The van der Waals surface area contributed by atoms with Crippen LogP contribution in [0.3, 0.4) is 0 Å². The molecule has 2 fully saturated rings. The second kappa shape index (κ2) is 12.5. The molecule has 5 nitrogen and oxygen atoms in total. The molecular weight excluding hydrogens is 456 g/mol. The first kappa shape index (κ1) is 25.6. The minimum absolute atomic E-state index is 0.836. The molecule has 0 bridgehead atoms. The van der Waals surface area contributed by atoms with Gasteiger partial charge in [-0.05, 0) is 86.1 Å². The van der Waals surface area contributed by atoms with Gasteiger partial charge in [-0.25, -0.2) is 0 Å². The first-order valence-corrected chi connectivity index (χ1v) is 13.9. The molecule has 0 aliphatic carbocycles. The molecule has 5 heteroatoms. The quantitative estimate of drug-likeness (QED) is 0.380. The van der Waals surface area contributed by atoms with E-state index in [0.717, 1.165) is 51.6 Å². The molecule has 0 atom stereocenters. The van der Waals surface area contributed by atoms with E-state index in [2.05, 4.69) is 93.4 Å². The number of benzene rings is 3. The van der Waals surface area contributed by atoms with Crippen LogP contribution in [0.4, 0.5) is 11.4 Å². The van der Waals surface area contributed by atoms with E-state index in [0.29, 0.717) is 0 Å². The Kier molecular flexibility index (Phi) is 8.64. The van der Waals surface area contributed by atoms with Gasteiger partial charge in [0.1, 0.15) is 5.75 Å². The monoisotopic (exact) mass is 498 g/mol. The fraction of sp³-hybridized carbons (Fsp3) is 0.438. The summed E-state index contributed by atoms with van der Waals surface area (Å²) in [6.07, 6.45) is 4.05. The van der Waals surface area contributed by atoms with E-state index in [1.165, 1.54) is 60.4 Å².